The highest BCUT2D eigenvalue weighted by atomic mass is 16.4. The van der Waals surface area contributed by atoms with Crippen LogP contribution in [0.1, 0.15) is 18.6 Å². The van der Waals surface area contributed by atoms with Crippen LogP contribution in [0.3, 0.4) is 0 Å². The Morgan fingerprint density at radius 2 is 2.41 bits per heavy atom. The predicted octanol–water partition coefficient (Wildman–Crippen LogP) is -0.205. The number of amides is 1. The second kappa shape index (κ2) is 4.58. The summed E-state index contributed by atoms with van der Waals surface area (Å²) in [6.07, 6.45) is 2.64. The lowest BCUT2D eigenvalue weighted by Crippen LogP contribution is -2.39. The number of rotatable bonds is 3. The van der Waals surface area contributed by atoms with Gasteiger partial charge in [-0.1, -0.05) is 0 Å². The molecule has 1 saturated heterocycles. The Hall–Kier alpha value is -1.82. The maximum atomic E-state index is 11.2. The number of likely N-dealkylation sites (tertiary alicyclic amines) is 1. The minimum Gasteiger partial charge on any atom is -0.502 e. The molecule has 0 spiro atoms. The van der Waals surface area contributed by atoms with Gasteiger partial charge in [0.25, 0.3) is 0 Å². The van der Waals surface area contributed by atoms with Crippen molar-refractivity contribution in [2.75, 3.05) is 6.54 Å². The third-order valence-corrected chi connectivity index (χ3v) is 2.92. The normalized spacial score (nSPS) is 20.6. The van der Waals surface area contributed by atoms with E-state index < -0.39 is 11.2 Å². The molecule has 1 atom stereocenters. The van der Waals surface area contributed by atoms with Crippen molar-refractivity contribution in [3.63, 3.8) is 0 Å². The smallest absolute Gasteiger partial charge is 0.234 e. The lowest BCUT2D eigenvalue weighted by Gasteiger charge is -2.20. The van der Waals surface area contributed by atoms with E-state index in [2.05, 4.69) is 0 Å². The first-order chi connectivity index (χ1) is 8.08. The van der Waals surface area contributed by atoms with Crippen molar-refractivity contribution in [2.24, 2.45) is 5.73 Å². The number of carbonyl (C=O) groups is 1. The molecule has 6 heteroatoms. The van der Waals surface area contributed by atoms with Crippen LogP contribution >= 0.6 is 0 Å². The van der Waals surface area contributed by atoms with Crippen LogP contribution in [0.15, 0.2) is 21.5 Å². The number of primary amides is 1. The van der Waals surface area contributed by atoms with Crippen LogP contribution in [0.4, 0.5) is 0 Å². The van der Waals surface area contributed by atoms with Crippen molar-refractivity contribution in [1.82, 2.24) is 4.90 Å². The Morgan fingerprint density at radius 1 is 1.65 bits per heavy atom. The highest BCUT2D eigenvalue weighted by Crippen LogP contribution is 2.19. The van der Waals surface area contributed by atoms with Crippen LogP contribution < -0.4 is 11.2 Å². The molecule has 1 aliphatic heterocycles. The number of hydrogen-bond donors (Lipinski definition) is 2. The molecule has 6 nitrogen and oxygen atoms in total. The summed E-state index contributed by atoms with van der Waals surface area (Å²) in [6.45, 7) is 1.10. The van der Waals surface area contributed by atoms with Crippen molar-refractivity contribution in [1.29, 1.82) is 0 Å². The third-order valence-electron chi connectivity index (χ3n) is 2.92. The predicted molar refractivity (Wildman–Crippen MR) is 59.3 cm³/mol. The van der Waals surface area contributed by atoms with E-state index in [0.717, 1.165) is 25.6 Å². The molecule has 0 aromatic carbocycles. The highest BCUT2D eigenvalue weighted by Gasteiger charge is 2.29. The van der Waals surface area contributed by atoms with Crippen molar-refractivity contribution in [3.05, 3.63) is 28.3 Å². The highest BCUT2D eigenvalue weighted by molar-refractivity contribution is 5.80. The quantitative estimate of drug-likeness (QED) is 0.759. The molecule has 0 aliphatic carbocycles. The lowest BCUT2D eigenvalue weighted by molar-refractivity contribution is -0.122. The van der Waals surface area contributed by atoms with E-state index in [9.17, 15) is 9.59 Å². The molecule has 0 bridgehead atoms. The Kier molecular flexibility index (Phi) is 3.14. The van der Waals surface area contributed by atoms with Crippen molar-refractivity contribution in [2.45, 2.75) is 25.4 Å². The summed E-state index contributed by atoms with van der Waals surface area (Å²) >= 11 is 0. The average Bonchev–Trinajstić information content (AvgIpc) is 2.72. The Balaban J connectivity index is 2.12. The largest absolute Gasteiger partial charge is 0.502 e. The zero-order chi connectivity index (χ0) is 12.4. The van der Waals surface area contributed by atoms with E-state index in [0.29, 0.717) is 12.3 Å². The SMILES string of the molecule is NC(=O)[C@H]1CCCN1Cc1cc(=O)c(O)co1. The molecular weight excluding hydrogens is 224 g/mol. The van der Waals surface area contributed by atoms with E-state index in [4.69, 9.17) is 15.3 Å². The van der Waals surface area contributed by atoms with Gasteiger partial charge in [-0.25, -0.2) is 0 Å². The van der Waals surface area contributed by atoms with E-state index in [-0.39, 0.29) is 11.9 Å². The number of nitrogens with two attached hydrogens (primary N) is 1. The van der Waals surface area contributed by atoms with E-state index >= 15 is 0 Å². The first-order valence-electron chi connectivity index (χ1n) is 5.42. The second-order valence-corrected chi connectivity index (χ2v) is 4.13. The van der Waals surface area contributed by atoms with Gasteiger partial charge in [0.1, 0.15) is 12.0 Å². The maximum absolute atomic E-state index is 11.2. The van der Waals surface area contributed by atoms with E-state index in [1.807, 2.05) is 4.90 Å². The molecule has 1 aliphatic rings. The number of hydrogen-bond acceptors (Lipinski definition) is 5. The molecular formula is C11H14N2O4. The van der Waals surface area contributed by atoms with Crippen LogP contribution in [-0.4, -0.2) is 28.5 Å². The molecule has 0 unspecified atom stereocenters. The summed E-state index contributed by atoms with van der Waals surface area (Å²) < 4.78 is 5.09. The zero-order valence-corrected chi connectivity index (χ0v) is 9.26. The maximum Gasteiger partial charge on any atom is 0.234 e. The fourth-order valence-corrected chi connectivity index (χ4v) is 2.06. The van der Waals surface area contributed by atoms with Crippen molar-refractivity contribution >= 4 is 5.91 Å². The molecule has 0 radical (unpaired) electrons. The summed E-state index contributed by atoms with van der Waals surface area (Å²) in [5, 5.41) is 9.05. The first kappa shape index (κ1) is 11.7. The van der Waals surface area contributed by atoms with Gasteiger partial charge >= 0.3 is 0 Å². The minimum atomic E-state index is -0.485. The standard InChI is InChI=1S/C11H14N2O4/c12-11(16)8-2-1-3-13(8)5-7-4-9(14)10(15)6-17-7/h4,6,8,15H,1-3,5H2,(H2,12,16)/t8-/m1/s1. The van der Waals surface area contributed by atoms with Gasteiger partial charge in [0.15, 0.2) is 5.75 Å². The molecule has 17 heavy (non-hydrogen) atoms. The van der Waals surface area contributed by atoms with Crippen LogP contribution in [0.5, 0.6) is 5.75 Å². The molecule has 0 saturated carbocycles. The summed E-state index contributed by atoms with van der Waals surface area (Å²) in [6, 6.07) is 0.931. The van der Waals surface area contributed by atoms with Gasteiger partial charge in [-0.15, -0.1) is 0 Å². The molecule has 3 N–H and O–H groups in total. The van der Waals surface area contributed by atoms with E-state index in [1.165, 1.54) is 6.07 Å². The summed E-state index contributed by atoms with van der Waals surface area (Å²) in [4.78, 5) is 24.3. The average molecular weight is 238 g/mol. The number of carbonyl (C=O) groups excluding carboxylic acids is 1. The van der Waals surface area contributed by atoms with Gasteiger partial charge in [-0.05, 0) is 19.4 Å². The Labute approximate surface area is 97.6 Å². The lowest BCUT2D eigenvalue weighted by atomic mass is 10.2. The van der Waals surface area contributed by atoms with E-state index in [1.54, 1.807) is 0 Å². The molecule has 2 heterocycles. The van der Waals surface area contributed by atoms with Crippen LogP contribution in [0.2, 0.25) is 0 Å². The van der Waals surface area contributed by atoms with Gasteiger partial charge in [-0.2, -0.15) is 0 Å². The summed E-state index contributed by atoms with van der Waals surface area (Å²) in [5.74, 6) is -0.355. The van der Waals surface area contributed by atoms with Gasteiger partial charge in [0, 0.05) is 6.07 Å². The molecule has 92 valence electrons. The van der Waals surface area contributed by atoms with Crippen molar-refractivity contribution < 1.29 is 14.3 Å². The minimum absolute atomic E-state index is 0.297. The van der Waals surface area contributed by atoms with Gasteiger partial charge in [0.05, 0.1) is 12.6 Å². The number of aromatic hydroxyl groups is 1. The zero-order valence-electron chi connectivity index (χ0n) is 9.26. The fourth-order valence-electron chi connectivity index (χ4n) is 2.06. The van der Waals surface area contributed by atoms with Crippen LogP contribution in [-0.2, 0) is 11.3 Å². The Morgan fingerprint density at radius 3 is 3.06 bits per heavy atom. The van der Waals surface area contributed by atoms with Crippen LogP contribution in [0, 0.1) is 0 Å². The topological polar surface area (TPSA) is 96.8 Å². The third kappa shape index (κ3) is 2.47. The van der Waals surface area contributed by atoms with Gasteiger partial charge in [0.2, 0.25) is 11.3 Å². The van der Waals surface area contributed by atoms with Crippen molar-refractivity contribution in [3.8, 4) is 5.75 Å². The van der Waals surface area contributed by atoms with Gasteiger partial charge < -0.3 is 15.3 Å². The summed E-state index contributed by atoms with van der Waals surface area (Å²) in [5.41, 5.74) is 4.80. The summed E-state index contributed by atoms with van der Waals surface area (Å²) in [7, 11) is 0. The molecule has 1 aromatic heterocycles. The molecule has 1 fully saturated rings. The first-order valence-corrected chi connectivity index (χ1v) is 5.42. The molecule has 1 aromatic rings. The van der Waals surface area contributed by atoms with Gasteiger partial charge in [-0.3, -0.25) is 14.5 Å². The molecule has 2 rings (SSSR count). The second-order valence-electron chi connectivity index (χ2n) is 4.13. The monoisotopic (exact) mass is 238 g/mol. The number of nitrogens with zero attached hydrogens (tertiary/aromatic N) is 1. The fraction of sp³-hybridized carbons (Fsp3) is 0.455. The van der Waals surface area contributed by atoms with Crippen LogP contribution in [0.25, 0.3) is 0 Å². The molecule has 1 amide bonds. The Bertz CT molecular complexity index is 483.